The predicted octanol–water partition coefficient (Wildman–Crippen LogP) is 4.86. The van der Waals surface area contributed by atoms with Gasteiger partial charge in [0.2, 0.25) is 0 Å². The number of fused-ring (bicyclic) bond motifs is 1. The average molecular weight is 337 g/mol. The van der Waals surface area contributed by atoms with Gasteiger partial charge < -0.3 is 9.84 Å². The van der Waals surface area contributed by atoms with Gasteiger partial charge in [-0.3, -0.25) is 4.79 Å². The molecule has 3 aliphatic rings. The second-order valence-electron chi connectivity index (χ2n) is 11.1. The largest absolute Gasteiger partial charge is 0.459 e. The summed E-state index contributed by atoms with van der Waals surface area (Å²) in [6.45, 7) is 12.7. The maximum Gasteiger partial charge on any atom is 0.312 e. The van der Waals surface area contributed by atoms with E-state index in [0.717, 1.165) is 38.5 Å². The van der Waals surface area contributed by atoms with Crippen LogP contribution >= 0.6 is 0 Å². The molecule has 0 aromatic carbocycles. The van der Waals surface area contributed by atoms with Crippen molar-refractivity contribution in [2.75, 3.05) is 0 Å². The van der Waals surface area contributed by atoms with E-state index in [4.69, 9.17) is 4.74 Å². The van der Waals surface area contributed by atoms with E-state index >= 15 is 0 Å². The highest BCUT2D eigenvalue weighted by Crippen LogP contribution is 2.74. The van der Waals surface area contributed by atoms with Crippen LogP contribution in [0.2, 0.25) is 0 Å². The van der Waals surface area contributed by atoms with Gasteiger partial charge in [0.05, 0.1) is 11.0 Å². The molecule has 5 atom stereocenters. The van der Waals surface area contributed by atoms with Crippen molar-refractivity contribution in [3.05, 3.63) is 0 Å². The quantitative estimate of drug-likeness (QED) is 0.730. The Bertz CT molecular complexity index is 532. The highest BCUT2D eigenvalue weighted by Gasteiger charge is 2.72. The molecule has 0 heterocycles. The number of ether oxygens (including phenoxy) is 1. The summed E-state index contributed by atoms with van der Waals surface area (Å²) < 4.78 is 6.27. The lowest BCUT2D eigenvalue weighted by Gasteiger charge is -2.45. The topological polar surface area (TPSA) is 46.5 Å². The molecule has 0 radical (unpaired) electrons. The van der Waals surface area contributed by atoms with Crippen molar-refractivity contribution in [2.45, 2.75) is 104 Å². The third kappa shape index (κ3) is 3.25. The normalized spacial score (nSPS) is 43.0. The number of aliphatic hydroxyl groups is 1. The summed E-state index contributed by atoms with van der Waals surface area (Å²) in [5.74, 6) is 0.632. The number of carbonyl (C=O) groups is 1. The van der Waals surface area contributed by atoms with Gasteiger partial charge in [0.25, 0.3) is 0 Å². The molecule has 5 unspecified atom stereocenters. The molecular formula is C21H36O3. The van der Waals surface area contributed by atoms with E-state index in [9.17, 15) is 9.90 Å². The van der Waals surface area contributed by atoms with E-state index in [0.29, 0.717) is 12.3 Å². The first-order valence-electron chi connectivity index (χ1n) is 9.79. The van der Waals surface area contributed by atoms with Crippen molar-refractivity contribution in [3.8, 4) is 0 Å². The minimum Gasteiger partial charge on any atom is -0.459 e. The Morgan fingerprint density at radius 2 is 1.83 bits per heavy atom. The van der Waals surface area contributed by atoms with Crippen LogP contribution in [0, 0.1) is 22.2 Å². The predicted molar refractivity (Wildman–Crippen MR) is 95.5 cm³/mol. The molecule has 24 heavy (non-hydrogen) atoms. The molecule has 3 aliphatic carbocycles. The van der Waals surface area contributed by atoms with E-state index in [1.54, 1.807) is 0 Å². The van der Waals surface area contributed by atoms with Crippen LogP contribution in [0.1, 0.15) is 92.9 Å². The number of rotatable bonds is 5. The maximum atomic E-state index is 13.2. The van der Waals surface area contributed by atoms with E-state index in [1.165, 1.54) is 6.42 Å². The maximum absolute atomic E-state index is 13.2. The SMILES string of the molecule is CCCC(C)(CC(C)(C)C)C(=O)OC12CC3CC3(CC(C)(O)C1)C2. The Labute approximate surface area is 147 Å². The fraction of sp³-hybridized carbons (Fsp3) is 0.952. The molecular weight excluding hydrogens is 300 g/mol. The van der Waals surface area contributed by atoms with Gasteiger partial charge in [-0.1, -0.05) is 34.1 Å². The lowest BCUT2D eigenvalue weighted by molar-refractivity contribution is -0.187. The van der Waals surface area contributed by atoms with Gasteiger partial charge in [-0.2, -0.15) is 0 Å². The Hall–Kier alpha value is -0.570. The minimum atomic E-state index is -0.686. The average Bonchev–Trinajstić information content (AvgIpc) is 2.86. The molecule has 3 rings (SSSR count). The van der Waals surface area contributed by atoms with E-state index in [-0.39, 0.29) is 16.8 Å². The zero-order valence-electron chi connectivity index (χ0n) is 16.5. The zero-order chi connectivity index (χ0) is 18.0. The monoisotopic (exact) mass is 336 g/mol. The molecule has 1 spiro atoms. The molecule has 2 bridgehead atoms. The van der Waals surface area contributed by atoms with Crippen LogP contribution in [-0.2, 0) is 9.53 Å². The summed E-state index contributed by atoms with van der Waals surface area (Å²) in [7, 11) is 0. The number of hydrogen-bond acceptors (Lipinski definition) is 3. The zero-order valence-corrected chi connectivity index (χ0v) is 16.5. The third-order valence-corrected chi connectivity index (χ3v) is 6.61. The van der Waals surface area contributed by atoms with Crippen LogP contribution in [0.4, 0.5) is 0 Å². The van der Waals surface area contributed by atoms with E-state index in [2.05, 4.69) is 34.6 Å². The van der Waals surface area contributed by atoms with Gasteiger partial charge in [-0.15, -0.1) is 0 Å². The smallest absolute Gasteiger partial charge is 0.312 e. The summed E-state index contributed by atoms with van der Waals surface area (Å²) in [6, 6.07) is 0. The van der Waals surface area contributed by atoms with Crippen LogP contribution in [0.25, 0.3) is 0 Å². The van der Waals surface area contributed by atoms with Crippen LogP contribution < -0.4 is 0 Å². The highest BCUT2D eigenvalue weighted by atomic mass is 16.6. The second kappa shape index (κ2) is 5.22. The van der Waals surface area contributed by atoms with Crippen molar-refractivity contribution in [2.24, 2.45) is 22.2 Å². The first-order valence-corrected chi connectivity index (χ1v) is 9.79. The Balaban J connectivity index is 1.78. The van der Waals surface area contributed by atoms with E-state index < -0.39 is 16.6 Å². The van der Waals surface area contributed by atoms with Gasteiger partial charge >= 0.3 is 5.97 Å². The summed E-state index contributed by atoms with van der Waals surface area (Å²) >= 11 is 0. The molecule has 3 nitrogen and oxygen atoms in total. The molecule has 0 aromatic rings. The summed E-state index contributed by atoms with van der Waals surface area (Å²) in [5.41, 5.74) is -1.15. The van der Waals surface area contributed by atoms with Crippen molar-refractivity contribution in [1.82, 2.24) is 0 Å². The molecule has 0 amide bonds. The standard InChI is InChI=1S/C21H36O3/c1-7-8-18(5,11-17(2,3)4)16(22)24-21-10-15-9-20(15,14-21)12-19(6,23)13-21/h15,23H,7-14H2,1-6H3. The molecule has 3 saturated carbocycles. The van der Waals surface area contributed by atoms with Crippen molar-refractivity contribution in [1.29, 1.82) is 0 Å². The molecule has 1 N–H and O–H groups in total. The van der Waals surface area contributed by atoms with E-state index in [1.807, 2.05) is 6.92 Å². The molecule has 138 valence electrons. The first kappa shape index (κ1) is 18.2. The number of hydrogen-bond donors (Lipinski definition) is 1. The second-order valence-corrected chi connectivity index (χ2v) is 11.1. The molecule has 0 saturated heterocycles. The van der Waals surface area contributed by atoms with Crippen LogP contribution in [-0.4, -0.2) is 22.3 Å². The van der Waals surface area contributed by atoms with Crippen molar-refractivity contribution < 1.29 is 14.6 Å². The van der Waals surface area contributed by atoms with Gasteiger partial charge in [0.1, 0.15) is 5.60 Å². The molecule has 0 aromatic heterocycles. The summed E-state index contributed by atoms with van der Waals surface area (Å²) in [6.07, 6.45) is 7.35. The number of carbonyl (C=O) groups excluding carboxylic acids is 1. The first-order chi connectivity index (χ1) is 10.8. The van der Waals surface area contributed by atoms with Gasteiger partial charge in [-0.25, -0.2) is 0 Å². The Morgan fingerprint density at radius 3 is 2.42 bits per heavy atom. The molecule has 0 aliphatic heterocycles. The van der Waals surface area contributed by atoms with Gasteiger partial charge in [0.15, 0.2) is 0 Å². The Morgan fingerprint density at radius 1 is 1.17 bits per heavy atom. The van der Waals surface area contributed by atoms with Gasteiger partial charge in [0, 0.05) is 6.42 Å². The molecule has 3 fully saturated rings. The third-order valence-electron chi connectivity index (χ3n) is 6.61. The van der Waals surface area contributed by atoms with Crippen LogP contribution in [0.15, 0.2) is 0 Å². The summed E-state index contributed by atoms with van der Waals surface area (Å²) in [4.78, 5) is 13.2. The van der Waals surface area contributed by atoms with Crippen LogP contribution in [0.3, 0.4) is 0 Å². The minimum absolute atomic E-state index is 0.0339. The highest BCUT2D eigenvalue weighted by molar-refractivity contribution is 5.77. The summed E-state index contributed by atoms with van der Waals surface area (Å²) in [5, 5.41) is 10.7. The lowest BCUT2D eigenvalue weighted by atomic mass is 9.70. The van der Waals surface area contributed by atoms with Crippen molar-refractivity contribution >= 4 is 5.97 Å². The van der Waals surface area contributed by atoms with Crippen molar-refractivity contribution in [3.63, 3.8) is 0 Å². The van der Waals surface area contributed by atoms with Gasteiger partial charge in [-0.05, 0) is 69.1 Å². The fourth-order valence-corrected chi connectivity index (χ4v) is 6.45. The van der Waals surface area contributed by atoms with Crippen LogP contribution in [0.5, 0.6) is 0 Å². The lowest BCUT2D eigenvalue weighted by Crippen LogP contribution is -2.49. The Kier molecular flexibility index (Phi) is 3.96. The fourth-order valence-electron chi connectivity index (χ4n) is 6.45. The number of esters is 1. The molecule has 3 heteroatoms.